The van der Waals surface area contributed by atoms with Gasteiger partial charge in [0.1, 0.15) is 11.9 Å². The van der Waals surface area contributed by atoms with Crippen LogP contribution >= 0.6 is 0 Å². The Hall–Kier alpha value is -2.72. The molecule has 0 aliphatic carbocycles. The fraction of sp³-hybridized carbons (Fsp3) is 0.375. The van der Waals surface area contributed by atoms with E-state index in [4.69, 9.17) is 18.4 Å². The number of benzene rings is 2. The molecule has 1 aliphatic rings. The number of aryl methyl sites for hydroxylation is 2. The van der Waals surface area contributed by atoms with Crippen molar-refractivity contribution in [2.45, 2.75) is 43.1 Å². The van der Waals surface area contributed by atoms with Crippen LogP contribution in [0.25, 0.3) is 0 Å². The zero-order valence-electron chi connectivity index (χ0n) is 18.7. The highest BCUT2D eigenvalue weighted by Gasteiger charge is 2.42. The molecule has 176 valence electrons. The molecule has 2 heterocycles. The summed E-state index contributed by atoms with van der Waals surface area (Å²) in [5, 5.41) is 0. The Balaban J connectivity index is 1.41. The lowest BCUT2D eigenvalue weighted by Gasteiger charge is -2.28. The second kappa shape index (κ2) is 10.0. The van der Waals surface area contributed by atoms with Crippen molar-refractivity contribution in [1.82, 2.24) is 9.55 Å². The van der Waals surface area contributed by atoms with E-state index in [2.05, 4.69) is 4.98 Å². The lowest BCUT2D eigenvalue weighted by molar-refractivity contribution is -0.184. The third-order valence-corrected chi connectivity index (χ3v) is 6.86. The first-order chi connectivity index (χ1) is 15.9. The average Bonchev–Trinajstić information content (AvgIpc) is 3.48. The van der Waals surface area contributed by atoms with Crippen LogP contribution in [0.1, 0.15) is 17.5 Å². The van der Waals surface area contributed by atoms with Gasteiger partial charge in [-0.2, -0.15) is 8.42 Å². The quantitative estimate of drug-likeness (QED) is 0.418. The highest BCUT2D eigenvalue weighted by molar-refractivity contribution is 7.86. The molecule has 1 fully saturated rings. The van der Waals surface area contributed by atoms with Gasteiger partial charge in [-0.15, -0.1) is 0 Å². The van der Waals surface area contributed by atoms with Crippen LogP contribution < -0.4 is 4.74 Å². The van der Waals surface area contributed by atoms with Crippen molar-refractivity contribution < 1.29 is 26.8 Å². The van der Waals surface area contributed by atoms with Crippen molar-refractivity contribution in [3.63, 3.8) is 0 Å². The molecule has 0 bridgehead atoms. The molecule has 4 rings (SSSR count). The maximum absolute atomic E-state index is 12.5. The summed E-state index contributed by atoms with van der Waals surface area (Å²) in [7, 11) is -2.24. The molecule has 0 unspecified atom stereocenters. The number of methoxy groups -OCH3 is 1. The molecule has 0 saturated carbocycles. The van der Waals surface area contributed by atoms with Crippen LogP contribution in [0.5, 0.6) is 5.75 Å². The molecule has 2 aromatic carbocycles. The second-order valence-corrected chi connectivity index (χ2v) is 9.71. The van der Waals surface area contributed by atoms with Crippen molar-refractivity contribution in [2.24, 2.45) is 0 Å². The molecule has 0 N–H and O–H groups in total. The SMILES string of the molecule is COc1ccc(CC[C@]2(Cn3ccnc3)OC[C@@H](COS(=O)(=O)c3ccc(C)cc3)O2)cc1. The van der Waals surface area contributed by atoms with E-state index in [1.54, 1.807) is 31.8 Å². The minimum absolute atomic E-state index is 0.121. The zero-order chi connectivity index (χ0) is 23.3. The maximum atomic E-state index is 12.5. The largest absolute Gasteiger partial charge is 0.497 e. The topological polar surface area (TPSA) is 88.9 Å². The van der Waals surface area contributed by atoms with Gasteiger partial charge in [0.2, 0.25) is 0 Å². The first-order valence-electron chi connectivity index (χ1n) is 10.7. The van der Waals surface area contributed by atoms with E-state index in [1.165, 1.54) is 12.1 Å². The zero-order valence-corrected chi connectivity index (χ0v) is 19.5. The molecule has 1 aromatic heterocycles. The summed E-state index contributed by atoms with van der Waals surface area (Å²) in [5.41, 5.74) is 2.09. The lowest BCUT2D eigenvalue weighted by Crippen LogP contribution is -2.37. The van der Waals surface area contributed by atoms with Gasteiger partial charge in [0.15, 0.2) is 5.79 Å². The monoisotopic (exact) mass is 472 g/mol. The highest BCUT2D eigenvalue weighted by Crippen LogP contribution is 2.31. The van der Waals surface area contributed by atoms with E-state index in [0.29, 0.717) is 19.4 Å². The van der Waals surface area contributed by atoms with Gasteiger partial charge in [0, 0.05) is 18.8 Å². The van der Waals surface area contributed by atoms with E-state index in [0.717, 1.165) is 16.9 Å². The van der Waals surface area contributed by atoms with E-state index in [1.807, 2.05) is 42.0 Å². The number of hydrogen-bond donors (Lipinski definition) is 0. The van der Waals surface area contributed by atoms with E-state index < -0.39 is 22.0 Å². The van der Waals surface area contributed by atoms with Gasteiger partial charge in [0.05, 0.1) is 38.1 Å². The lowest BCUT2D eigenvalue weighted by atomic mass is 10.0. The average molecular weight is 473 g/mol. The van der Waals surface area contributed by atoms with Crippen LogP contribution in [-0.4, -0.2) is 50.2 Å². The predicted octanol–water partition coefficient (Wildman–Crippen LogP) is 3.35. The number of aromatic nitrogens is 2. The molecule has 9 heteroatoms. The van der Waals surface area contributed by atoms with E-state index in [9.17, 15) is 8.42 Å². The number of ether oxygens (including phenoxy) is 3. The third kappa shape index (κ3) is 6.00. The summed E-state index contributed by atoms with van der Waals surface area (Å²) in [6, 6.07) is 14.4. The highest BCUT2D eigenvalue weighted by atomic mass is 32.2. The Morgan fingerprint density at radius 1 is 1.15 bits per heavy atom. The van der Waals surface area contributed by atoms with Gasteiger partial charge in [-0.25, -0.2) is 4.98 Å². The molecular formula is C24H28N2O6S. The molecule has 0 amide bonds. The van der Waals surface area contributed by atoms with Crippen LogP contribution in [0.15, 0.2) is 72.1 Å². The third-order valence-electron chi connectivity index (χ3n) is 5.57. The summed E-state index contributed by atoms with van der Waals surface area (Å²) in [6.07, 6.45) is 6.03. The molecule has 3 aromatic rings. The first kappa shape index (κ1) is 23.4. The van der Waals surface area contributed by atoms with E-state index >= 15 is 0 Å². The number of imidazole rings is 1. The molecule has 1 saturated heterocycles. The predicted molar refractivity (Wildman–Crippen MR) is 121 cm³/mol. The smallest absolute Gasteiger partial charge is 0.297 e. The minimum atomic E-state index is -3.88. The van der Waals surface area contributed by atoms with Crippen LogP contribution in [0, 0.1) is 6.92 Å². The number of hydrogen-bond acceptors (Lipinski definition) is 7. The van der Waals surface area contributed by atoms with Gasteiger partial charge in [0.25, 0.3) is 10.1 Å². The summed E-state index contributed by atoms with van der Waals surface area (Å²) in [4.78, 5) is 4.22. The van der Waals surface area contributed by atoms with Gasteiger partial charge in [-0.3, -0.25) is 4.18 Å². The molecule has 2 atom stereocenters. The van der Waals surface area contributed by atoms with Crippen LogP contribution in [0.4, 0.5) is 0 Å². The van der Waals surface area contributed by atoms with Crippen molar-refractivity contribution in [2.75, 3.05) is 20.3 Å². The van der Waals surface area contributed by atoms with Crippen molar-refractivity contribution in [3.05, 3.63) is 78.4 Å². The Kier molecular flexibility index (Phi) is 7.14. The van der Waals surface area contributed by atoms with E-state index in [-0.39, 0.29) is 18.1 Å². The summed E-state index contributed by atoms with van der Waals surface area (Å²) in [6.45, 7) is 2.45. The Morgan fingerprint density at radius 2 is 1.91 bits per heavy atom. The van der Waals surface area contributed by atoms with Crippen LogP contribution in [0.3, 0.4) is 0 Å². The van der Waals surface area contributed by atoms with Crippen molar-refractivity contribution in [3.8, 4) is 5.75 Å². The van der Waals surface area contributed by atoms with Gasteiger partial charge < -0.3 is 18.8 Å². The Labute approximate surface area is 194 Å². The molecule has 1 aliphatic heterocycles. The fourth-order valence-corrected chi connectivity index (χ4v) is 4.65. The van der Waals surface area contributed by atoms with Gasteiger partial charge in [-0.05, 0) is 43.2 Å². The first-order valence-corrected chi connectivity index (χ1v) is 12.1. The Bertz CT molecular complexity index is 1130. The number of rotatable bonds is 10. The second-order valence-electron chi connectivity index (χ2n) is 8.10. The molecule has 8 nitrogen and oxygen atoms in total. The van der Waals surface area contributed by atoms with Gasteiger partial charge in [-0.1, -0.05) is 29.8 Å². The Morgan fingerprint density at radius 3 is 2.58 bits per heavy atom. The fourth-order valence-electron chi connectivity index (χ4n) is 3.72. The molecule has 0 spiro atoms. The van der Waals surface area contributed by atoms with Crippen LogP contribution in [-0.2, 0) is 36.7 Å². The summed E-state index contributed by atoms with van der Waals surface area (Å²) < 4.78 is 49.8. The van der Waals surface area contributed by atoms with Crippen LogP contribution in [0.2, 0.25) is 0 Å². The molecular weight excluding hydrogens is 444 g/mol. The standard InChI is InChI=1S/C24H28N2O6S/c1-19-3-9-23(10-4-19)33(27,28)31-16-22-15-30-24(32-22,17-26-14-13-25-18-26)12-11-20-5-7-21(29-2)8-6-20/h3-10,13-14,18,22H,11-12,15-17H2,1-2H3/t22-,24-/m0/s1. The van der Waals surface area contributed by atoms with Gasteiger partial charge >= 0.3 is 0 Å². The normalized spacial score (nSPS) is 20.7. The maximum Gasteiger partial charge on any atom is 0.297 e. The van der Waals surface area contributed by atoms with Crippen molar-refractivity contribution in [1.29, 1.82) is 0 Å². The molecule has 33 heavy (non-hydrogen) atoms. The molecule has 0 radical (unpaired) electrons. The summed E-state index contributed by atoms with van der Waals surface area (Å²) in [5.74, 6) is -0.116. The van der Waals surface area contributed by atoms with Crippen molar-refractivity contribution >= 4 is 10.1 Å². The summed E-state index contributed by atoms with van der Waals surface area (Å²) >= 11 is 0. The number of nitrogens with zero attached hydrogens (tertiary/aromatic N) is 2. The minimum Gasteiger partial charge on any atom is -0.497 e.